The van der Waals surface area contributed by atoms with E-state index in [9.17, 15) is 24.0 Å². The van der Waals surface area contributed by atoms with E-state index in [2.05, 4.69) is 4.72 Å². The summed E-state index contributed by atoms with van der Waals surface area (Å²) in [6.07, 6.45) is 0. The number of benzene rings is 2. The molecule has 0 spiro atoms. The van der Waals surface area contributed by atoms with Crippen LogP contribution in [0.25, 0.3) is 10.8 Å². The molecule has 0 radical (unpaired) electrons. The SMILES string of the molecule is O=[N+]([O-])c1ccc2c(NS(=O)[O-])cccc2c1O. The summed E-state index contributed by atoms with van der Waals surface area (Å²) in [6, 6.07) is 6.94. The molecule has 0 amide bonds. The number of aromatic hydroxyl groups is 1. The van der Waals surface area contributed by atoms with Crippen molar-refractivity contribution in [3.8, 4) is 5.75 Å². The topological polar surface area (TPSA) is 116 Å². The summed E-state index contributed by atoms with van der Waals surface area (Å²) in [5.41, 5.74) is -0.186. The third-order valence-electron chi connectivity index (χ3n) is 2.40. The highest BCUT2D eigenvalue weighted by Crippen LogP contribution is 2.36. The molecule has 2 N–H and O–H groups in total. The molecule has 18 heavy (non-hydrogen) atoms. The summed E-state index contributed by atoms with van der Waals surface area (Å²) in [7, 11) is 0. The number of nitrogens with zero attached hydrogens (tertiary/aromatic N) is 1. The molecule has 0 aromatic heterocycles. The molecule has 7 nitrogen and oxygen atoms in total. The van der Waals surface area contributed by atoms with Crippen LogP contribution in [0.2, 0.25) is 0 Å². The minimum atomic E-state index is -2.51. The molecular formula is C10H7N2O5S-. The lowest BCUT2D eigenvalue weighted by atomic mass is 10.1. The van der Waals surface area contributed by atoms with Crippen molar-refractivity contribution in [2.24, 2.45) is 0 Å². The number of fused-ring (bicyclic) bond motifs is 1. The number of hydrogen-bond donors (Lipinski definition) is 2. The van der Waals surface area contributed by atoms with Crippen LogP contribution >= 0.6 is 0 Å². The average Bonchev–Trinajstić information content (AvgIpc) is 2.29. The lowest BCUT2D eigenvalue weighted by Crippen LogP contribution is -2.02. The maximum Gasteiger partial charge on any atom is 0.311 e. The predicted octanol–water partition coefficient (Wildman–Crippen LogP) is 1.66. The maximum atomic E-state index is 10.7. The molecule has 0 bridgehead atoms. The largest absolute Gasteiger partial charge is 0.755 e. The van der Waals surface area contributed by atoms with Gasteiger partial charge in [-0.3, -0.25) is 14.3 Å². The van der Waals surface area contributed by atoms with Crippen molar-refractivity contribution in [1.82, 2.24) is 0 Å². The molecule has 0 heterocycles. The van der Waals surface area contributed by atoms with Crippen molar-refractivity contribution in [3.63, 3.8) is 0 Å². The van der Waals surface area contributed by atoms with Gasteiger partial charge in [0.05, 0.1) is 10.6 Å². The molecule has 1 unspecified atom stereocenters. The van der Waals surface area contributed by atoms with Gasteiger partial charge in [0.15, 0.2) is 0 Å². The fourth-order valence-electron chi connectivity index (χ4n) is 1.66. The summed E-state index contributed by atoms with van der Waals surface area (Å²) in [4.78, 5) is 9.95. The predicted molar refractivity (Wildman–Crippen MR) is 64.8 cm³/mol. The number of hydrogen-bond acceptors (Lipinski definition) is 5. The molecule has 0 aliphatic heterocycles. The molecule has 0 aliphatic carbocycles. The Hall–Kier alpha value is -2.19. The van der Waals surface area contributed by atoms with E-state index < -0.39 is 27.6 Å². The van der Waals surface area contributed by atoms with E-state index >= 15 is 0 Å². The maximum absolute atomic E-state index is 10.7. The van der Waals surface area contributed by atoms with Crippen LogP contribution in [0.4, 0.5) is 11.4 Å². The molecule has 0 saturated heterocycles. The van der Waals surface area contributed by atoms with Crippen LogP contribution in [0.5, 0.6) is 5.75 Å². The molecule has 2 rings (SSSR count). The van der Waals surface area contributed by atoms with Gasteiger partial charge in [0.2, 0.25) is 5.75 Å². The van der Waals surface area contributed by atoms with E-state index in [1.54, 1.807) is 0 Å². The smallest absolute Gasteiger partial charge is 0.311 e. The molecular weight excluding hydrogens is 260 g/mol. The van der Waals surface area contributed by atoms with Gasteiger partial charge in [-0.2, -0.15) is 0 Å². The lowest BCUT2D eigenvalue weighted by molar-refractivity contribution is -0.385. The van der Waals surface area contributed by atoms with Crippen molar-refractivity contribution in [1.29, 1.82) is 0 Å². The van der Waals surface area contributed by atoms with E-state index in [1.165, 1.54) is 24.3 Å². The van der Waals surface area contributed by atoms with E-state index in [0.29, 0.717) is 5.39 Å². The Balaban J connectivity index is 2.70. The lowest BCUT2D eigenvalue weighted by Gasteiger charge is -2.11. The summed E-state index contributed by atoms with van der Waals surface area (Å²) >= 11 is -2.51. The van der Waals surface area contributed by atoms with Crippen LogP contribution in [-0.4, -0.2) is 18.8 Å². The van der Waals surface area contributed by atoms with Gasteiger partial charge in [-0.15, -0.1) is 0 Å². The third-order valence-corrected chi connectivity index (χ3v) is 2.79. The number of nitrogens with one attached hydrogen (secondary N) is 1. The fraction of sp³-hybridized carbons (Fsp3) is 0. The summed E-state index contributed by atoms with van der Waals surface area (Å²) < 4.78 is 23.3. The number of phenolic OH excluding ortho intramolecular Hbond substituents is 1. The Labute approximate surface area is 104 Å². The summed E-state index contributed by atoms with van der Waals surface area (Å²) in [6.45, 7) is 0. The Kier molecular flexibility index (Phi) is 3.13. The van der Waals surface area contributed by atoms with Crippen LogP contribution in [0, 0.1) is 10.1 Å². The second-order valence-electron chi connectivity index (χ2n) is 3.43. The Morgan fingerprint density at radius 1 is 1.22 bits per heavy atom. The average molecular weight is 267 g/mol. The fourth-order valence-corrected chi connectivity index (χ4v) is 2.01. The van der Waals surface area contributed by atoms with Crippen LogP contribution in [0.3, 0.4) is 0 Å². The number of nitro groups is 1. The van der Waals surface area contributed by atoms with Crippen LogP contribution in [0.1, 0.15) is 0 Å². The van der Waals surface area contributed by atoms with E-state index in [1.807, 2.05) is 0 Å². The molecule has 2 aromatic carbocycles. The quantitative estimate of drug-likeness (QED) is 0.498. The molecule has 8 heteroatoms. The third kappa shape index (κ3) is 2.11. The van der Waals surface area contributed by atoms with Crippen LogP contribution in [-0.2, 0) is 11.3 Å². The minimum Gasteiger partial charge on any atom is -0.755 e. The van der Waals surface area contributed by atoms with Gasteiger partial charge in [-0.1, -0.05) is 12.1 Å². The van der Waals surface area contributed by atoms with Gasteiger partial charge in [-0.25, -0.2) is 0 Å². The van der Waals surface area contributed by atoms with Crippen molar-refractivity contribution in [2.45, 2.75) is 0 Å². The monoisotopic (exact) mass is 267 g/mol. The zero-order chi connectivity index (χ0) is 13.3. The van der Waals surface area contributed by atoms with Crippen molar-refractivity contribution in [2.75, 3.05) is 4.72 Å². The first-order valence-electron chi connectivity index (χ1n) is 4.75. The van der Waals surface area contributed by atoms with E-state index in [-0.39, 0.29) is 11.1 Å². The van der Waals surface area contributed by atoms with Gasteiger partial charge in [0.1, 0.15) is 0 Å². The minimum absolute atomic E-state index is 0.208. The molecule has 0 fully saturated rings. The van der Waals surface area contributed by atoms with Gasteiger partial charge < -0.3 is 14.4 Å². The standard InChI is InChI=1S/C10H8N2O5S/c13-10-7-2-1-3-8(11-18(16)17)6(7)4-5-9(10)12(14)15/h1-5,11,13H,(H,16,17)/p-1. The summed E-state index contributed by atoms with van der Waals surface area (Å²) in [5, 5.41) is 21.0. The Morgan fingerprint density at radius 2 is 1.94 bits per heavy atom. The normalized spacial score (nSPS) is 12.3. The van der Waals surface area contributed by atoms with Crippen molar-refractivity contribution in [3.05, 3.63) is 40.4 Å². The van der Waals surface area contributed by atoms with E-state index in [0.717, 1.165) is 6.07 Å². The first kappa shape index (κ1) is 12.3. The highest BCUT2D eigenvalue weighted by atomic mass is 32.2. The highest BCUT2D eigenvalue weighted by molar-refractivity contribution is 7.80. The molecule has 2 aromatic rings. The van der Waals surface area contributed by atoms with Crippen LogP contribution in [0.15, 0.2) is 30.3 Å². The van der Waals surface area contributed by atoms with Crippen molar-refractivity contribution >= 4 is 33.4 Å². The van der Waals surface area contributed by atoms with Gasteiger partial charge in [0.25, 0.3) is 0 Å². The molecule has 1 atom stereocenters. The molecule has 0 aliphatic rings. The highest BCUT2D eigenvalue weighted by Gasteiger charge is 2.16. The molecule has 94 valence electrons. The van der Waals surface area contributed by atoms with Crippen molar-refractivity contribution < 1.29 is 18.8 Å². The Morgan fingerprint density at radius 3 is 2.56 bits per heavy atom. The van der Waals surface area contributed by atoms with Gasteiger partial charge in [-0.05, 0) is 12.1 Å². The molecule has 0 saturated carbocycles. The Bertz CT molecular complexity index is 658. The van der Waals surface area contributed by atoms with Gasteiger partial charge >= 0.3 is 5.69 Å². The summed E-state index contributed by atoms with van der Waals surface area (Å²) in [5.74, 6) is -0.488. The zero-order valence-electron chi connectivity index (χ0n) is 8.82. The number of anilines is 1. The number of nitro benzene ring substituents is 1. The first-order valence-corrected chi connectivity index (χ1v) is 5.83. The second-order valence-corrected chi connectivity index (χ2v) is 4.10. The number of rotatable bonds is 3. The van der Waals surface area contributed by atoms with Crippen LogP contribution < -0.4 is 4.72 Å². The van der Waals surface area contributed by atoms with E-state index in [4.69, 9.17) is 0 Å². The van der Waals surface area contributed by atoms with Gasteiger partial charge in [0, 0.05) is 28.1 Å². The second kappa shape index (κ2) is 4.59. The first-order chi connectivity index (χ1) is 8.50. The number of phenols is 1. The zero-order valence-corrected chi connectivity index (χ0v) is 9.64.